The standard InChI is InChI=1S/C20H40O5Si/c1-10-14-26(23-17(7)11-2,24-18(8)12-3)25-20(9,13-4)15-22-19(21)16(5)6/h17-18H,5,10-15H2,1-4,6-9H3. The van der Waals surface area contributed by atoms with Crippen molar-refractivity contribution in [3.63, 3.8) is 0 Å². The van der Waals surface area contributed by atoms with Gasteiger partial charge in [0.25, 0.3) is 0 Å². The molecule has 0 saturated heterocycles. The Labute approximate surface area is 161 Å². The predicted molar refractivity (Wildman–Crippen MR) is 108 cm³/mol. The van der Waals surface area contributed by atoms with Crippen LogP contribution in [0, 0.1) is 0 Å². The van der Waals surface area contributed by atoms with Crippen molar-refractivity contribution >= 4 is 14.8 Å². The van der Waals surface area contributed by atoms with Crippen LogP contribution in [0.1, 0.15) is 81.1 Å². The molecule has 0 aliphatic carbocycles. The van der Waals surface area contributed by atoms with Crippen molar-refractivity contribution < 1.29 is 22.8 Å². The third-order valence-corrected chi connectivity index (χ3v) is 7.91. The van der Waals surface area contributed by atoms with E-state index in [1.165, 1.54) is 0 Å². The molecule has 0 heterocycles. The molecule has 0 spiro atoms. The van der Waals surface area contributed by atoms with Gasteiger partial charge in [0.1, 0.15) is 6.61 Å². The molecule has 0 amide bonds. The van der Waals surface area contributed by atoms with Crippen LogP contribution in [0.5, 0.6) is 0 Å². The smallest absolute Gasteiger partial charge is 0.459 e. The van der Waals surface area contributed by atoms with E-state index in [-0.39, 0.29) is 18.8 Å². The maximum atomic E-state index is 11.8. The molecule has 0 N–H and O–H groups in total. The van der Waals surface area contributed by atoms with Crippen molar-refractivity contribution in [2.45, 2.75) is 105 Å². The van der Waals surface area contributed by atoms with Crippen LogP contribution in [0.3, 0.4) is 0 Å². The Bertz CT molecular complexity index is 428. The number of hydrogen-bond acceptors (Lipinski definition) is 5. The zero-order valence-electron chi connectivity index (χ0n) is 18.1. The predicted octanol–water partition coefficient (Wildman–Crippen LogP) is 5.27. The van der Waals surface area contributed by atoms with E-state index in [4.69, 9.17) is 18.0 Å². The summed E-state index contributed by atoms with van der Waals surface area (Å²) in [5, 5.41) is 0. The van der Waals surface area contributed by atoms with Crippen LogP contribution in [-0.4, -0.2) is 39.2 Å². The van der Waals surface area contributed by atoms with Crippen LogP contribution in [-0.2, 0) is 22.8 Å². The van der Waals surface area contributed by atoms with Crippen LogP contribution < -0.4 is 0 Å². The Morgan fingerprint density at radius 3 is 1.92 bits per heavy atom. The molecule has 0 saturated carbocycles. The fraction of sp³-hybridized carbons (Fsp3) is 0.850. The van der Waals surface area contributed by atoms with Crippen molar-refractivity contribution in [3.8, 4) is 0 Å². The normalized spacial score (nSPS) is 18.5. The first-order valence-electron chi connectivity index (χ1n) is 9.95. The first kappa shape index (κ1) is 25.3. The Morgan fingerprint density at radius 1 is 1.08 bits per heavy atom. The fourth-order valence-electron chi connectivity index (χ4n) is 2.25. The molecule has 0 aromatic rings. The number of carbonyl (C=O) groups excluding carboxylic acids is 1. The van der Waals surface area contributed by atoms with Crippen molar-refractivity contribution in [3.05, 3.63) is 12.2 Å². The average Bonchev–Trinajstić information content (AvgIpc) is 2.59. The van der Waals surface area contributed by atoms with E-state index < -0.39 is 20.4 Å². The molecule has 0 aliphatic heterocycles. The zero-order chi connectivity index (χ0) is 20.4. The first-order chi connectivity index (χ1) is 12.1. The summed E-state index contributed by atoms with van der Waals surface area (Å²) < 4.78 is 24.7. The second-order valence-electron chi connectivity index (χ2n) is 7.37. The molecule has 0 bridgehead atoms. The lowest BCUT2D eigenvalue weighted by Gasteiger charge is -2.41. The van der Waals surface area contributed by atoms with Gasteiger partial charge >= 0.3 is 14.8 Å². The summed E-state index contributed by atoms with van der Waals surface area (Å²) in [6, 6.07) is 0.742. The molecule has 0 aromatic heterocycles. The summed E-state index contributed by atoms with van der Waals surface area (Å²) in [6.45, 7) is 19.8. The van der Waals surface area contributed by atoms with E-state index in [0.717, 1.165) is 25.3 Å². The van der Waals surface area contributed by atoms with Crippen molar-refractivity contribution in [2.24, 2.45) is 0 Å². The monoisotopic (exact) mass is 388 g/mol. The highest BCUT2D eigenvalue weighted by Gasteiger charge is 2.48. The Hall–Kier alpha value is -0.693. The number of esters is 1. The Morgan fingerprint density at radius 2 is 1.58 bits per heavy atom. The summed E-state index contributed by atoms with van der Waals surface area (Å²) in [5.41, 5.74) is -0.278. The number of carbonyl (C=O) groups is 1. The molecule has 26 heavy (non-hydrogen) atoms. The Kier molecular flexibility index (Phi) is 11.6. The van der Waals surface area contributed by atoms with Gasteiger partial charge in [0, 0.05) is 23.8 Å². The topological polar surface area (TPSA) is 54.0 Å². The molecule has 6 heteroatoms. The van der Waals surface area contributed by atoms with Crippen LogP contribution in [0.15, 0.2) is 12.2 Å². The zero-order valence-corrected chi connectivity index (χ0v) is 19.1. The fourth-order valence-corrected chi connectivity index (χ4v) is 5.87. The van der Waals surface area contributed by atoms with Gasteiger partial charge in [0.05, 0.1) is 5.60 Å². The highest BCUT2D eigenvalue weighted by Crippen LogP contribution is 2.30. The second-order valence-corrected chi connectivity index (χ2v) is 9.91. The summed E-state index contributed by atoms with van der Waals surface area (Å²) in [6.07, 6.45) is 3.47. The van der Waals surface area contributed by atoms with Gasteiger partial charge in [-0.2, -0.15) is 0 Å². The van der Waals surface area contributed by atoms with Crippen LogP contribution in [0.25, 0.3) is 0 Å². The van der Waals surface area contributed by atoms with Crippen LogP contribution in [0.2, 0.25) is 6.04 Å². The van der Waals surface area contributed by atoms with E-state index in [1.54, 1.807) is 6.92 Å². The lowest BCUT2D eigenvalue weighted by molar-refractivity contribution is -0.148. The highest BCUT2D eigenvalue weighted by atomic mass is 28.4. The van der Waals surface area contributed by atoms with E-state index >= 15 is 0 Å². The molecule has 3 atom stereocenters. The minimum absolute atomic E-state index is 0.0522. The highest BCUT2D eigenvalue weighted by molar-refractivity contribution is 6.61. The van der Waals surface area contributed by atoms with Gasteiger partial charge < -0.3 is 18.0 Å². The SMILES string of the molecule is C=C(C)C(=O)OCC(C)(CC)O[Si](CCC)(OC(C)CC)OC(C)CC. The number of hydrogen-bond donors (Lipinski definition) is 0. The van der Waals surface area contributed by atoms with Crippen LogP contribution >= 0.6 is 0 Å². The Balaban J connectivity index is 5.52. The summed E-state index contributed by atoms with van der Waals surface area (Å²) >= 11 is 0. The third kappa shape index (κ3) is 8.80. The largest absolute Gasteiger partial charge is 0.501 e. The van der Waals surface area contributed by atoms with Crippen LogP contribution in [0.4, 0.5) is 0 Å². The van der Waals surface area contributed by atoms with Gasteiger partial charge in [0.2, 0.25) is 0 Å². The van der Waals surface area contributed by atoms with E-state index in [0.29, 0.717) is 12.0 Å². The molecular formula is C20H40O5Si. The molecular weight excluding hydrogens is 348 g/mol. The quantitative estimate of drug-likeness (QED) is 0.230. The van der Waals surface area contributed by atoms with Gasteiger partial charge in [0.15, 0.2) is 0 Å². The minimum atomic E-state index is -2.93. The average molecular weight is 389 g/mol. The number of ether oxygens (including phenoxy) is 1. The maximum absolute atomic E-state index is 11.8. The molecule has 0 aromatic carbocycles. The maximum Gasteiger partial charge on any atom is 0.501 e. The van der Waals surface area contributed by atoms with Gasteiger partial charge in [-0.05, 0) is 47.0 Å². The van der Waals surface area contributed by atoms with E-state index in [2.05, 4.69) is 27.4 Å². The lowest BCUT2D eigenvalue weighted by atomic mass is 10.1. The van der Waals surface area contributed by atoms with Crippen molar-refractivity contribution in [1.82, 2.24) is 0 Å². The van der Waals surface area contributed by atoms with Crippen molar-refractivity contribution in [1.29, 1.82) is 0 Å². The van der Waals surface area contributed by atoms with E-state index in [1.807, 2.05) is 27.7 Å². The second kappa shape index (κ2) is 11.9. The van der Waals surface area contributed by atoms with Gasteiger partial charge in [-0.3, -0.25) is 0 Å². The molecule has 0 aliphatic rings. The first-order valence-corrected chi connectivity index (χ1v) is 11.9. The summed E-state index contributed by atoms with van der Waals surface area (Å²) in [5.74, 6) is -0.401. The molecule has 5 nitrogen and oxygen atoms in total. The molecule has 0 fully saturated rings. The molecule has 154 valence electrons. The van der Waals surface area contributed by atoms with Gasteiger partial charge in [-0.15, -0.1) is 0 Å². The summed E-state index contributed by atoms with van der Waals surface area (Å²) in [7, 11) is -2.93. The molecule has 0 radical (unpaired) electrons. The lowest BCUT2D eigenvalue weighted by Crippen LogP contribution is -2.56. The molecule has 3 unspecified atom stereocenters. The van der Waals surface area contributed by atoms with E-state index in [9.17, 15) is 4.79 Å². The third-order valence-electron chi connectivity index (χ3n) is 4.47. The van der Waals surface area contributed by atoms with Crippen molar-refractivity contribution in [2.75, 3.05) is 6.61 Å². The minimum Gasteiger partial charge on any atom is -0.459 e. The molecule has 0 rings (SSSR count). The van der Waals surface area contributed by atoms with Gasteiger partial charge in [-0.1, -0.05) is 40.7 Å². The summed E-state index contributed by atoms with van der Waals surface area (Å²) in [4.78, 5) is 11.8. The van der Waals surface area contributed by atoms with Gasteiger partial charge in [-0.25, -0.2) is 4.79 Å². The number of rotatable bonds is 14.